The van der Waals surface area contributed by atoms with E-state index >= 15 is 0 Å². The number of benzene rings is 8. The lowest BCUT2D eigenvalue weighted by atomic mass is 9.86. The zero-order chi connectivity index (χ0) is 28.3. The van der Waals surface area contributed by atoms with Crippen LogP contribution in [0.15, 0.2) is 162 Å². The molecule has 0 unspecified atom stereocenters. The molecule has 9 aromatic rings. The maximum atomic E-state index is 6.77. The van der Waals surface area contributed by atoms with Gasteiger partial charge in [0.2, 0.25) is 0 Å². The number of para-hydroxylation sites is 1. The largest absolute Gasteiger partial charge is 0.455 e. The molecule has 8 aromatic carbocycles. The molecule has 0 radical (unpaired) electrons. The summed E-state index contributed by atoms with van der Waals surface area (Å²) in [6, 6.07) is 56.7. The third-order valence-corrected chi connectivity index (χ3v) is 8.84. The van der Waals surface area contributed by atoms with E-state index in [9.17, 15) is 0 Å². The lowest BCUT2D eigenvalue weighted by molar-refractivity contribution is 0.670. The van der Waals surface area contributed by atoms with Gasteiger partial charge in [0.1, 0.15) is 11.2 Å². The van der Waals surface area contributed by atoms with Crippen molar-refractivity contribution in [1.82, 2.24) is 0 Å². The molecule has 0 N–H and O–H groups in total. The summed E-state index contributed by atoms with van der Waals surface area (Å²) in [5.74, 6) is 0. The molecule has 1 heteroatoms. The predicted octanol–water partition coefficient (Wildman–Crippen LogP) is 12.0. The number of hydrogen-bond donors (Lipinski definition) is 0. The van der Waals surface area contributed by atoms with Crippen molar-refractivity contribution in [3.63, 3.8) is 0 Å². The second-order valence-electron chi connectivity index (χ2n) is 11.3. The van der Waals surface area contributed by atoms with Crippen LogP contribution in [0.25, 0.3) is 87.6 Å². The third-order valence-electron chi connectivity index (χ3n) is 8.84. The Labute approximate surface area is 249 Å². The molecule has 200 valence electrons. The van der Waals surface area contributed by atoms with Gasteiger partial charge in [0.05, 0.1) is 0 Å². The highest BCUT2D eigenvalue weighted by Gasteiger charge is 2.20. The van der Waals surface area contributed by atoms with E-state index in [-0.39, 0.29) is 0 Å². The fourth-order valence-electron chi connectivity index (χ4n) is 6.88. The Bertz CT molecular complexity index is 2390. The van der Waals surface area contributed by atoms with Crippen LogP contribution >= 0.6 is 0 Å². The molecule has 0 saturated carbocycles. The maximum Gasteiger partial charge on any atom is 0.143 e. The summed E-state index contributed by atoms with van der Waals surface area (Å²) >= 11 is 0. The predicted molar refractivity (Wildman–Crippen MR) is 183 cm³/mol. The van der Waals surface area contributed by atoms with Crippen molar-refractivity contribution in [3.05, 3.63) is 158 Å². The normalized spacial score (nSPS) is 11.7. The molecule has 1 nitrogen and oxygen atoms in total. The Morgan fingerprint density at radius 3 is 1.44 bits per heavy atom. The summed E-state index contributed by atoms with van der Waals surface area (Å²) in [6.07, 6.45) is 0. The first kappa shape index (κ1) is 24.0. The Balaban J connectivity index is 1.44. The van der Waals surface area contributed by atoms with Crippen LogP contribution in [0.4, 0.5) is 0 Å². The van der Waals surface area contributed by atoms with E-state index in [1.54, 1.807) is 0 Å². The van der Waals surface area contributed by atoms with Crippen LogP contribution in [0.5, 0.6) is 0 Å². The van der Waals surface area contributed by atoms with Crippen molar-refractivity contribution in [2.75, 3.05) is 0 Å². The molecule has 0 amide bonds. The van der Waals surface area contributed by atoms with Gasteiger partial charge >= 0.3 is 0 Å². The summed E-state index contributed by atoms with van der Waals surface area (Å²) < 4.78 is 6.77. The lowest BCUT2D eigenvalue weighted by Gasteiger charge is -2.17. The van der Waals surface area contributed by atoms with E-state index in [0.717, 1.165) is 27.5 Å². The van der Waals surface area contributed by atoms with Gasteiger partial charge in [-0.1, -0.05) is 140 Å². The van der Waals surface area contributed by atoms with Crippen LogP contribution in [-0.2, 0) is 0 Å². The highest BCUT2D eigenvalue weighted by molar-refractivity contribution is 6.23. The molecule has 0 aliphatic rings. The molecule has 0 saturated heterocycles. The topological polar surface area (TPSA) is 13.1 Å². The van der Waals surface area contributed by atoms with E-state index in [1.807, 2.05) is 0 Å². The minimum Gasteiger partial charge on any atom is -0.455 e. The monoisotopic (exact) mass is 546 g/mol. The zero-order valence-corrected chi connectivity index (χ0v) is 23.4. The fourth-order valence-corrected chi connectivity index (χ4v) is 6.88. The van der Waals surface area contributed by atoms with Crippen LogP contribution in [0.2, 0.25) is 0 Å². The smallest absolute Gasteiger partial charge is 0.143 e. The van der Waals surface area contributed by atoms with Gasteiger partial charge in [-0.05, 0) is 72.8 Å². The first-order chi connectivity index (χ1) is 21.3. The van der Waals surface area contributed by atoms with E-state index < -0.39 is 0 Å². The highest BCUT2D eigenvalue weighted by atomic mass is 16.3. The molecule has 43 heavy (non-hydrogen) atoms. The molecule has 0 spiro atoms. The first-order valence-corrected chi connectivity index (χ1v) is 14.8. The van der Waals surface area contributed by atoms with Crippen molar-refractivity contribution in [2.24, 2.45) is 0 Å². The second kappa shape index (κ2) is 9.44. The minimum atomic E-state index is 0.917. The van der Waals surface area contributed by atoms with Crippen LogP contribution in [0.3, 0.4) is 0 Å². The van der Waals surface area contributed by atoms with Gasteiger partial charge in [0.25, 0.3) is 0 Å². The summed E-state index contributed by atoms with van der Waals surface area (Å²) in [4.78, 5) is 0. The molecule has 0 fully saturated rings. The minimum absolute atomic E-state index is 0.917. The van der Waals surface area contributed by atoms with Crippen LogP contribution < -0.4 is 0 Å². The van der Waals surface area contributed by atoms with E-state index in [0.29, 0.717) is 0 Å². The maximum absolute atomic E-state index is 6.77. The van der Waals surface area contributed by atoms with Gasteiger partial charge in [-0.25, -0.2) is 0 Å². The molecule has 0 aliphatic heterocycles. The molecule has 1 aromatic heterocycles. The first-order valence-electron chi connectivity index (χ1n) is 14.8. The summed E-state index contributed by atoms with van der Waals surface area (Å²) in [5.41, 5.74) is 9.05. The van der Waals surface area contributed by atoms with Crippen molar-refractivity contribution in [3.8, 4) is 33.4 Å². The Hall–Kier alpha value is -5.66. The van der Waals surface area contributed by atoms with Crippen LogP contribution in [0.1, 0.15) is 0 Å². The number of hydrogen-bond acceptors (Lipinski definition) is 1. The van der Waals surface area contributed by atoms with Gasteiger partial charge < -0.3 is 4.42 Å². The molecule has 0 bridgehead atoms. The molecular formula is C42H26O. The Kier molecular flexibility index (Phi) is 5.27. The van der Waals surface area contributed by atoms with Crippen LogP contribution in [0, 0.1) is 0 Å². The number of rotatable bonds is 3. The van der Waals surface area contributed by atoms with E-state index in [4.69, 9.17) is 4.42 Å². The average Bonchev–Trinajstić information content (AvgIpc) is 3.44. The van der Waals surface area contributed by atoms with Crippen molar-refractivity contribution >= 4 is 54.3 Å². The third kappa shape index (κ3) is 3.72. The fraction of sp³-hybridized carbons (Fsp3) is 0. The van der Waals surface area contributed by atoms with Crippen LogP contribution in [-0.4, -0.2) is 0 Å². The van der Waals surface area contributed by atoms with Gasteiger partial charge in [0, 0.05) is 21.9 Å². The quantitative estimate of drug-likeness (QED) is 0.201. The molecule has 0 atom stereocenters. The second-order valence-corrected chi connectivity index (χ2v) is 11.3. The standard InChI is InChI=1S/C42H26O/c1-3-12-27(13-4-1)31-18-9-20-33-37(31)26-38-32(28-14-5-2-6-15-28)19-10-21-34(38)41(33)36-23-11-22-35-39-24-29-16-7-8-17-30(29)25-40(39)43-42(35)36/h1-26H. The Morgan fingerprint density at radius 2 is 0.837 bits per heavy atom. The van der Waals surface area contributed by atoms with Crippen molar-refractivity contribution in [2.45, 2.75) is 0 Å². The summed E-state index contributed by atoms with van der Waals surface area (Å²) in [6.45, 7) is 0. The van der Waals surface area contributed by atoms with Crippen molar-refractivity contribution in [1.29, 1.82) is 0 Å². The average molecular weight is 547 g/mol. The molecule has 9 rings (SSSR count). The summed E-state index contributed by atoms with van der Waals surface area (Å²) in [7, 11) is 0. The zero-order valence-electron chi connectivity index (χ0n) is 23.4. The van der Waals surface area contributed by atoms with E-state index in [1.165, 1.54) is 60.1 Å². The highest BCUT2D eigenvalue weighted by Crippen LogP contribution is 2.46. The Morgan fingerprint density at radius 1 is 0.326 bits per heavy atom. The molecule has 0 aliphatic carbocycles. The molecular weight excluding hydrogens is 520 g/mol. The van der Waals surface area contributed by atoms with Gasteiger partial charge in [-0.2, -0.15) is 0 Å². The summed E-state index contributed by atoms with van der Waals surface area (Å²) in [5, 5.41) is 9.60. The van der Waals surface area contributed by atoms with Gasteiger partial charge in [-0.15, -0.1) is 0 Å². The number of fused-ring (bicyclic) bond motifs is 6. The lowest BCUT2D eigenvalue weighted by Crippen LogP contribution is -1.91. The SMILES string of the molecule is c1ccc(-c2cccc3c(-c4cccc5c4oc4cc6ccccc6cc45)c4cccc(-c5ccccc5)c4cc23)cc1. The molecule has 1 heterocycles. The van der Waals surface area contributed by atoms with Gasteiger partial charge in [-0.3, -0.25) is 0 Å². The van der Waals surface area contributed by atoms with Gasteiger partial charge in [0.15, 0.2) is 0 Å². The van der Waals surface area contributed by atoms with E-state index in [2.05, 4.69) is 158 Å². The van der Waals surface area contributed by atoms with Crippen molar-refractivity contribution < 1.29 is 4.42 Å². The number of furan rings is 1.